The number of rotatable bonds is 4. The largest absolute Gasteiger partial charge is 0.462 e. The first kappa shape index (κ1) is 16.4. The molecule has 3 aliphatic rings. The Morgan fingerprint density at radius 3 is 2.77 bits per heavy atom. The maximum absolute atomic E-state index is 13.0. The van der Waals surface area contributed by atoms with E-state index in [1.807, 2.05) is 0 Å². The summed E-state index contributed by atoms with van der Waals surface area (Å²) in [6.45, 7) is 1.04. The molecule has 3 heterocycles. The van der Waals surface area contributed by atoms with E-state index >= 15 is 0 Å². The fourth-order valence-corrected chi connectivity index (χ4v) is 3.93. The number of para-hydroxylation sites is 2. The van der Waals surface area contributed by atoms with Gasteiger partial charge in [-0.25, -0.2) is 4.90 Å². The van der Waals surface area contributed by atoms with E-state index in [-0.39, 0.29) is 18.0 Å². The van der Waals surface area contributed by atoms with Gasteiger partial charge >= 0.3 is 5.97 Å². The van der Waals surface area contributed by atoms with Gasteiger partial charge in [-0.15, -0.1) is 0 Å². The second kappa shape index (κ2) is 5.46. The van der Waals surface area contributed by atoms with E-state index in [0.29, 0.717) is 0 Å². The van der Waals surface area contributed by atoms with Crippen molar-refractivity contribution >= 4 is 29.2 Å². The van der Waals surface area contributed by atoms with Gasteiger partial charge in [-0.1, -0.05) is 18.2 Å². The lowest BCUT2D eigenvalue weighted by Crippen LogP contribution is -2.44. The zero-order valence-electron chi connectivity index (χ0n) is 13.7. The molecule has 2 saturated heterocycles. The zero-order chi connectivity index (χ0) is 18.6. The molecule has 26 heavy (non-hydrogen) atoms. The number of nitro benzene ring substituents is 1. The van der Waals surface area contributed by atoms with Crippen molar-refractivity contribution in [3.63, 3.8) is 0 Å². The fourth-order valence-electron chi connectivity index (χ4n) is 3.93. The molecule has 9 nitrogen and oxygen atoms in total. The van der Waals surface area contributed by atoms with Crippen molar-refractivity contribution < 1.29 is 28.8 Å². The molecule has 1 aromatic rings. The number of anilines is 1. The van der Waals surface area contributed by atoms with Crippen molar-refractivity contribution in [2.24, 2.45) is 11.8 Å². The van der Waals surface area contributed by atoms with Crippen LogP contribution in [0.1, 0.15) is 6.92 Å². The minimum absolute atomic E-state index is 0.0658. The first-order chi connectivity index (χ1) is 12.4. The van der Waals surface area contributed by atoms with Crippen molar-refractivity contribution in [3.8, 4) is 0 Å². The molecule has 1 aromatic carbocycles. The highest BCUT2D eigenvalue weighted by Gasteiger charge is 2.68. The Morgan fingerprint density at radius 1 is 1.35 bits per heavy atom. The topological polar surface area (TPSA) is 116 Å². The summed E-state index contributed by atoms with van der Waals surface area (Å²) < 4.78 is 10.8. The number of nitrogens with zero attached hydrogens (tertiary/aromatic N) is 2. The lowest BCUT2D eigenvalue weighted by atomic mass is 9.77. The Hall–Kier alpha value is -3.07. The van der Waals surface area contributed by atoms with Gasteiger partial charge in [-0.2, -0.15) is 0 Å². The average Bonchev–Trinajstić information content (AvgIpc) is 3.24. The molecule has 0 spiro atoms. The molecule has 0 aliphatic carbocycles. The first-order valence-corrected chi connectivity index (χ1v) is 7.97. The summed E-state index contributed by atoms with van der Waals surface area (Å²) in [5, 5.41) is 11.3. The monoisotopic (exact) mass is 358 g/mol. The van der Waals surface area contributed by atoms with E-state index in [4.69, 9.17) is 9.47 Å². The molecule has 0 saturated carbocycles. The Bertz CT molecular complexity index is 880. The van der Waals surface area contributed by atoms with Crippen LogP contribution in [-0.2, 0) is 23.9 Å². The number of fused-ring (bicyclic) bond motifs is 5. The lowest BCUT2D eigenvalue weighted by molar-refractivity contribution is -0.384. The van der Waals surface area contributed by atoms with Crippen molar-refractivity contribution in [3.05, 3.63) is 46.5 Å². The summed E-state index contributed by atoms with van der Waals surface area (Å²) in [4.78, 5) is 48.6. The van der Waals surface area contributed by atoms with Crippen LogP contribution in [0.3, 0.4) is 0 Å². The number of carbonyl (C=O) groups excluding carboxylic acids is 3. The van der Waals surface area contributed by atoms with Crippen LogP contribution in [0.4, 0.5) is 11.4 Å². The number of nitro groups is 1. The third-order valence-electron chi connectivity index (χ3n) is 4.98. The maximum atomic E-state index is 13.0. The standard InChI is InChI=1S/C17H14N2O7/c1-9(20)25-8-17-7-6-12(26-17)13-14(17)16(22)18(15(13)21)10-4-2-3-5-11(10)19(23)24/h2-7,12-14H,8H2,1H3. The first-order valence-electron chi connectivity index (χ1n) is 7.97. The summed E-state index contributed by atoms with van der Waals surface area (Å²) >= 11 is 0. The van der Waals surface area contributed by atoms with E-state index in [1.54, 1.807) is 12.2 Å². The molecular formula is C17H14N2O7. The molecule has 2 bridgehead atoms. The van der Waals surface area contributed by atoms with Gasteiger partial charge < -0.3 is 9.47 Å². The molecule has 4 atom stereocenters. The van der Waals surface area contributed by atoms with Crippen LogP contribution in [0, 0.1) is 22.0 Å². The van der Waals surface area contributed by atoms with Gasteiger partial charge in [-0.3, -0.25) is 24.5 Å². The summed E-state index contributed by atoms with van der Waals surface area (Å²) in [6.07, 6.45) is 2.67. The second-order valence-corrected chi connectivity index (χ2v) is 6.44. The second-order valence-electron chi connectivity index (χ2n) is 6.44. The number of hydrogen-bond acceptors (Lipinski definition) is 7. The lowest BCUT2D eigenvalue weighted by Gasteiger charge is -2.27. The summed E-state index contributed by atoms with van der Waals surface area (Å²) in [5.41, 5.74) is -1.61. The summed E-state index contributed by atoms with van der Waals surface area (Å²) in [6, 6.07) is 5.59. The average molecular weight is 358 g/mol. The van der Waals surface area contributed by atoms with Crippen LogP contribution in [0.25, 0.3) is 0 Å². The van der Waals surface area contributed by atoms with Crippen LogP contribution in [0.5, 0.6) is 0 Å². The molecule has 2 amide bonds. The number of ether oxygens (including phenoxy) is 2. The van der Waals surface area contributed by atoms with Gasteiger partial charge in [0, 0.05) is 13.0 Å². The molecular weight excluding hydrogens is 344 g/mol. The zero-order valence-corrected chi connectivity index (χ0v) is 13.7. The van der Waals surface area contributed by atoms with Crippen LogP contribution in [0.15, 0.2) is 36.4 Å². The summed E-state index contributed by atoms with van der Waals surface area (Å²) in [5.74, 6) is -3.34. The molecule has 2 fully saturated rings. The minimum atomic E-state index is -1.22. The highest BCUT2D eigenvalue weighted by molar-refractivity contribution is 6.24. The molecule has 4 unspecified atom stereocenters. The van der Waals surface area contributed by atoms with E-state index in [1.165, 1.54) is 31.2 Å². The highest BCUT2D eigenvalue weighted by atomic mass is 16.6. The Labute approximate surface area is 147 Å². The number of esters is 1. The van der Waals surface area contributed by atoms with Crippen molar-refractivity contribution in [2.45, 2.75) is 18.6 Å². The van der Waals surface area contributed by atoms with Gasteiger partial charge in [0.05, 0.1) is 22.9 Å². The van der Waals surface area contributed by atoms with E-state index in [0.717, 1.165) is 4.90 Å². The molecule has 9 heteroatoms. The Kier molecular flexibility index (Phi) is 3.45. The van der Waals surface area contributed by atoms with E-state index in [9.17, 15) is 24.5 Å². The molecule has 3 aliphatic heterocycles. The number of hydrogen-bond donors (Lipinski definition) is 0. The molecule has 134 valence electrons. The molecule has 0 radical (unpaired) electrons. The SMILES string of the molecule is CC(=O)OCC12C=CC(O1)C1C(=O)N(c3ccccc3[N+](=O)[O-])C(=O)C12. The van der Waals surface area contributed by atoms with E-state index < -0.39 is 46.2 Å². The summed E-state index contributed by atoms with van der Waals surface area (Å²) in [7, 11) is 0. The highest BCUT2D eigenvalue weighted by Crippen LogP contribution is 2.53. The van der Waals surface area contributed by atoms with Gasteiger partial charge in [0.2, 0.25) is 11.8 Å². The van der Waals surface area contributed by atoms with Crippen molar-refractivity contribution in [2.75, 3.05) is 11.5 Å². The van der Waals surface area contributed by atoms with Gasteiger partial charge in [-0.05, 0) is 12.1 Å². The van der Waals surface area contributed by atoms with E-state index in [2.05, 4.69) is 0 Å². The molecule has 0 N–H and O–H groups in total. The quantitative estimate of drug-likeness (QED) is 0.259. The van der Waals surface area contributed by atoms with Gasteiger partial charge in [0.25, 0.3) is 5.69 Å². The van der Waals surface area contributed by atoms with Crippen LogP contribution in [-0.4, -0.2) is 41.0 Å². The number of benzene rings is 1. The predicted octanol–water partition coefficient (Wildman–Crippen LogP) is 0.971. The number of imide groups is 1. The molecule has 0 aromatic heterocycles. The minimum Gasteiger partial charge on any atom is -0.462 e. The van der Waals surface area contributed by atoms with Crippen LogP contribution >= 0.6 is 0 Å². The molecule has 4 rings (SSSR count). The van der Waals surface area contributed by atoms with Crippen LogP contribution in [0.2, 0.25) is 0 Å². The third-order valence-corrected chi connectivity index (χ3v) is 4.98. The normalized spacial score (nSPS) is 31.4. The van der Waals surface area contributed by atoms with Gasteiger partial charge in [0.1, 0.15) is 17.9 Å². The van der Waals surface area contributed by atoms with Crippen molar-refractivity contribution in [1.82, 2.24) is 0 Å². The van der Waals surface area contributed by atoms with Crippen LogP contribution < -0.4 is 4.90 Å². The number of amides is 2. The predicted molar refractivity (Wildman–Crippen MR) is 85.9 cm³/mol. The van der Waals surface area contributed by atoms with Gasteiger partial charge in [0.15, 0.2) is 0 Å². The smallest absolute Gasteiger partial charge is 0.302 e. The Morgan fingerprint density at radius 2 is 2.08 bits per heavy atom. The number of carbonyl (C=O) groups is 3. The third kappa shape index (κ3) is 2.10. The Balaban J connectivity index is 1.74. The maximum Gasteiger partial charge on any atom is 0.302 e. The van der Waals surface area contributed by atoms with Crippen molar-refractivity contribution in [1.29, 1.82) is 0 Å². The fraction of sp³-hybridized carbons (Fsp3) is 0.353.